The van der Waals surface area contributed by atoms with Crippen molar-refractivity contribution in [3.8, 4) is 16.8 Å². The highest BCUT2D eigenvalue weighted by atomic mass is 16.3. The minimum Gasteiger partial charge on any atom is -0.456 e. The molecule has 0 saturated heterocycles. The molecule has 11 rings (SSSR count). The predicted molar refractivity (Wildman–Crippen MR) is 188 cm³/mol. The van der Waals surface area contributed by atoms with E-state index in [0.29, 0.717) is 0 Å². The van der Waals surface area contributed by atoms with Crippen LogP contribution < -0.4 is 0 Å². The molecule has 0 spiro atoms. The first-order chi connectivity index (χ1) is 22.4. The monoisotopic (exact) mass is 572 g/mol. The van der Waals surface area contributed by atoms with Crippen LogP contribution in [0.15, 0.2) is 150 Å². The number of aromatic nitrogens is 2. The summed E-state index contributed by atoms with van der Waals surface area (Å²) >= 11 is 0. The maximum absolute atomic E-state index is 6.35. The Labute approximate surface area is 257 Å². The molecule has 0 aliphatic rings. The zero-order valence-corrected chi connectivity index (χ0v) is 24.2. The summed E-state index contributed by atoms with van der Waals surface area (Å²) in [6, 6.07) is 52.7. The van der Waals surface area contributed by atoms with Gasteiger partial charge in [-0.3, -0.25) is 0 Å². The average Bonchev–Trinajstić information content (AvgIpc) is 3.84. The van der Waals surface area contributed by atoms with Crippen LogP contribution in [0.5, 0.6) is 0 Å². The molecule has 0 aliphatic carbocycles. The zero-order valence-electron chi connectivity index (χ0n) is 24.2. The Kier molecular flexibility index (Phi) is 4.32. The summed E-state index contributed by atoms with van der Waals surface area (Å²) in [5, 5.41) is 9.92. The zero-order chi connectivity index (χ0) is 29.2. The van der Waals surface area contributed by atoms with Gasteiger partial charge in [-0.15, -0.1) is 0 Å². The van der Waals surface area contributed by atoms with Gasteiger partial charge in [0, 0.05) is 48.7 Å². The van der Waals surface area contributed by atoms with Gasteiger partial charge in [0.1, 0.15) is 11.2 Å². The third-order valence-electron chi connectivity index (χ3n) is 9.85. The summed E-state index contributed by atoms with van der Waals surface area (Å²) in [5.74, 6) is 0. The van der Waals surface area contributed by atoms with Crippen molar-refractivity contribution in [1.82, 2.24) is 8.97 Å². The van der Waals surface area contributed by atoms with Crippen LogP contribution in [0, 0.1) is 0 Å². The minimum absolute atomic E-state index is 0.908. The van der Waals surface area contributed by atoms with Gasteiger partial charge in [-0.2, -0.15) is 0 Å². The molecule has 0 amide bonds. The van der Waals surface area contributed by atoms with Gasteiger partial charge in [-0.1, -0.05) is 115 Å². The summed E-state index contributed by atoms with van der Waals surface area (Å²) in [5.41, 5.74) is 11.5. The fourth-order valence-corrected chi connectivity index (χ4v) is 8.12. The van der Waals surface area contributed by atoms with Crippen molar-refractivity contribution in [2.75, 3.05) is 0 Å². The van der Waals surface area contributed by atoms with Gasteiger partial charge in [0.25, 0.3) is 0 Å². The van der Waals surface area contributed by atoms with Crippen molar-refractivity contribution in [1.29, 1.82) is 0 Å². The quantitative estimate of drug-likeness (QED) is 0.202. The number of rotatable bonds is 2. The molecule has 45 heavy (non-hydrogen) atoms. The van der Waals surface area contributed by atoms with Crippen molar-refractivity contribution in [2.24, 2.45) is 0 Å². The Bertz CT molecular complexity index is 2990. The van der Waals surface area contributed by atoms with E-state index in [9.17, 15) is 0 Å². The van der Waals surface area contributed by atoms with Crippen LogP contribution in [0.3, 0.4) is 0 Å². The van der Waals surface area contributed by atoms with Crippen LogP contribution in [0.25, 0.3) is 98.7 Å². The lowest BCUT2D eigenvalue weighted by molar-refractivity contribution is 0.669. The van der Waals surface area contributed by atoms with Crippen LogP contribution in [0.1, 0.15) is 0 Å². The molecule has 4 heterocycles. The Morgan fingerprint density at radius 2 is 0.889 bits per heavy atom. The van der Waals surface area contributed by atoms with Crippen LogP contribution in [-0.4, -0.2) is 8.97 Å². The second-order valence-corrected chi connectivity index (χ2v) is 12.1. The maximum Gasteiger partial charge on any atom is 0.136 e. The Morgan fingerprint density at radius 3 is 1.73 bits per heavy atom. The summed E-state index contributed by atoms with van der Waals surface area (Å²) in [6.45, 7) is 0. The van der Waals surface area contributed by atoms with E-state index in [2.05, 4.69) is 148 Å². The van der Waals surface area contributed by atoms with E-state index in [0.717, 1.165) is 21.9 Å². The van der Waals surface area contributed by atoms with Gasteiger partial charge in [-0.05, 0) is 35.9 Å². The van der Waals surface area contributed by atoms with E-state index in [1.54, 1.807) is 0 Å². The molecule has 0 N–H and O–H groups in total. The lowest BCUT2D eigenvalue weighted by Gasteiger charge is -2.14. The molecule has 0 atom stereocenters. The maximum atomic E-state index is 6.35. The SMILES string of the molecule is c1ccc2c(c1)oc1cccc(-c3cccc4c5ccccc5n(-c5cccc6c7cccc8c9ccccc9n(c56)c87)c34)c12. The molecule has 208 valence electrons. The summed E-state index contributed by atoms with van der Waals surface area (Å²) in [6.07, 6.45) is 0. The number of furan rings is 1. The Balaban J connectivity index is 1.37. The van der Waals surface area contributed by atoms with Crippen molar-refractivity contribution in [3.05, 3.63) is 146 Å². The third kappa shape index (κ3) is 2.86. The lowest BCUT2D eigenvalue weighted by Crippen LogP contribution is -1.98. The number of hydrogen-bond acceptors (Lipinski definition) is 1. The molecule has 0 aliphatic heterocycles. The predicted octanol–water partition coefficient (Wildman–Crippen LogP) is 11.5. The first-order valence-corrected chi connectivity index (χ1v) is 15.5. The van der Waals surface area contributed by atoms with Gasteiger partial charge < -0.3 is 13.4 Å². The van der Waals surface area contributed by atoms with E-state index < -0.39 is 0 Å². The number of para-hydroxylation sites is 6. The van der Waals surface area contributed by atoms with Crippen molar-refractivity contribution in [3.63, 3.8) is 0 Å². The highest BCUT2D eigenvalue weighted by molar-refractivity contribution is 6.25. The molecule has 0 fully saturated rings. The Hall–Kier alpha value is -6.06. The molecule has 0 unspecified atom stereocenters. The lowest BCUT2D eigenvalue weighted by atomic mass is 9.97. The molecule has 3 heteroatoms. The second kappa shape index (κ2) is 8.31. The summed E-state index contributed by atoms with van der Waals surface area (Å²) in [4.78, 5) is 0. The second-order valence-electron chi connectivity index (χ2n) is 12.1. The molecule has 4 aromatic heterocycles. The topological polar surface area (TPSA) is 22.5 Å². The van der Waals surface area contributed by atoms with Gasteiger partial charge in [0.2, 0.25) is 0 Å². The standard InChI is InChI=1S/C42H24N2O/c1-4-20-34-25(11-1)28-15-7-17-30(27-14-10-24-38-39(27)33-13-3-6-23-37(33)45-38)40(28)43(34)36-22-9-19-32-31-18-8-16-29-26-12-2-5-21-35(26)44(41(29)31)42(32)36/h1-24H. The number of hydrogen-bond donors (Lipinski definition) is 0. The van der Waals surface area contributed by atoms with Crippen LogP contribution in [-0.2, 0) is 0 Å². The average molecular weight is 573 g/mol. The number of fused-ring (bicyclic) bond motifs is 12. The van der Waals surface area contributed by atoms with Gasteiger partial charge in [0.15, 0.2) is 0 Å². The minimum atomic E-state index is 0.908. The largest absolute Gasteiger partial charge is 0.456 e. The van der Waals surface area contributed by atoms with E-state index in [-0.39, 0.29) is 0 Å². The van der Waals surface area contributed by atoms with E-state index in [4.69, 9.17) is 4.42 Å². The molecule has 0 bridgehead atoms. The smallest absolute Gasteiger partial charge is 0.136 e. The normalized spacial score (nSPS) is 12.4. The van der Waals surface area contributed by atoms with Gasteiger partial charge in [-0.25, -0.2) is 0 Å². The van der Waals surface area contributed by atoms with Crippen molar-refractivity contribution < 1.29 is 4.42 Å². The first-order valence-electron chi connectivity index (χ1n) is 15.5. The summed E-state index contributed by atoms with van der Waals surface area (Å²) < 4.78 is 11.4. The molecule has 3 nitrogen and oxygen atoms in total. The van der Waals surface area contributed by atoms with Crippen LogP contribution in [0.4, 0.5) is 0 Å². The fraction of sp³-hybridized carbons (Fsp3) is 0. The fourth-order valence-electron chi connectivity index (χ4n) is 8.12. The van der Waals surface area contributed by atoms with E-state index in [1.807, 2.05) is 6.07 Å². The highest BCUT2D eigenvalue weighted by Crippen LogP contribution is 2.45. The van der Waals surface area contributed by atoms with Crippen LogP contribution >= 0.6 is 0 Å². The van der Waals surface area contributed by atoms with Gasteiger partial charge in [0.05, 0.1) is 33.3 Å². The molecule has 7 aromatic carbocycles. The van der Waals surface area contributed by atoms with Crippen molar-refractivity contribution in [2.45, 2.75) is 0 Å². The third-order valence-corrected chi connectivity index (χ3v) is 9.85. The molecular formula is C42H24N2O. The Morgan fingerprint density at radius 1 is 0.356 bits per heavy atom. The molecule has 11 aromatic rings. The highest BCUT2D eigenvalue weighted by Gasteiger charge is 2.23. The molecular weight excluding hydrogens is 548 g/mol. The number of benzene rings is 7. The van der Waals surface area contributed by atoms with E-state index in [1.165, 1.54) is 76.7 Å². The number of nitrogens with zero attached hydrogens (tertiary/aromatic N) is 2. The van der Waals surface area contributed by atoms with Crippen LogP contribution in [0.2, 0.25) is 0 Å². The van der Waals surface area contributed by atoms with Gasteiger partial charge >= 0.3 is 0 Å². The summed E-state index contributed by atoms with van der Waals surface area (Å²) in [7, 11) is 0. The first kappa shape index (κ1) is 23.4. The molecule has 0 radical (unpaired) electrons. The molecule has 0 saturated carbocycles. The van der Waals surface area contributed by atoms with E-state index >= 15 is 0 Å². The van der Waals surface area contributed by atoms with Crippen molar-refractivity contribution >= 4 is 81.8 Å².